The summed E-state index contributed by atoms with van der Waals surface area (Å²) in [5.74, 6) is 0.975. The van der Waals surface area contributed by atoms with Gasteiger partial charge < -0.3 is 5.32 Å². The van der Waals surface area contributed by atoms with Crippen molar-refractivity contribution in [3.05, 3.63) is 59.6 Å². The van der Waals surface area contributed by atoms with Gasteiger partial charge in [-0.15, -0.1) is 0 Å². The molecule has 1 aliphatic heterocycles. The number of nitrogens with zero attached hydrogens (tertiary/aromatic N) is 2. The summed E-state index contributed by atoms with van der Waals surface area (Å²) in [7, 11) is 0. The van der Waals surface area contributed by atoms with Crippen LogP contribution in [0.15, 0.2) is 59.6 Å². The third-order valence-corrected chi connectivity index (χ3v) is 4.59. The van der Waals surface area contributed by atoms with Gasteiger partial charge >= 0.3 is 0 Å². The van der Waals surface area contributed by atoms with Crippen LogP contribution in [0.2, 0.25) is 5.02 Å². The molecule has 1 heterocycles. The average Bonchev–Trinajstić information content (AvgIpc) is 2.96. The van der Waals surface area contributed by atoms with Gasteiger partial charge in [0.05, 0.1) is 5.69 Å². The highest BCUT2D eigenvalue weighted by molar-refractivity contribution is 8.14. The maximum Gasteiger partial charge on any atom is 0.179 e. The fourth-order valence-electron chi connectivity index (χ4n) is 2.05. The van der Waals surface area contributed by atoms with Gasteiger partial charge in [-0.2, -0.15) is 0 Å². The van der Waals surface area contributed by atoms with E-state index in [4.69, 9.17) is 23.8 Å². The van der Waals surface area contributed by atoms with Gasteiger partial charge in [-0.1, -0.05) is 47.6 Å². The van der Waals surface area contributed by atoms with Crippen LogP contribution in [0.3, 0.4) is 0 Å². The SMILES string of the molecule is S=C(Nc1cccc(Cl)c1)N1CCSC1=Nc1ccccc1. The van der Waals surface area contributed by atoms with E-state index in [0.717, 1.165) is 28.8 Å². The number of aliphatic imine (C=N–C) groups is 1. The number of rotatable bonds is 2. The van der Waals surface area contributed by atoms with Crippen LogP contribution in [0.1, 0.15) is 0 Å². The van der Waals surface area contributed by atoms with Gasteiger partial charge in [-0.3, -0.25) is 4.90 Å². The molecular weight excluding hydrogens is 334 g/mol. The number of nitrogens with one attached hydrogen (secondary N) is 1. The number of halogens is 1. The van der Waals surface area contributed by atoms with Gasteiger partial charge in [0.25, 0.3) is 0 Å². The molecule has 0 unspecified atom stereocenters. The predicted octanol–water partition coefficient (Wildman–Crippen LogP) is 4.77. The first-order valence-corrected chi connectivity index (χ1v) is 8.60. The summed E-state index contributed by atoms with van der Waals surface area (Å²) in [6, 6.07) is 17.4. The fraction of sp³-hybridized carbons (Fsp3) is 0.125. The molecule has 1 saturated heterocycles. The molecule has 2 aromatic rings. The summed E-state index contributed by atoms with van der Waals surface area (Å²) in [6.07, 6.45) is 0. The first kappa shape index (κ1) is 15.3. The number of hydrogen-bond donors (Lipinski definition) is 1. The van der Waals surface area contributed by atoms with E-state index in [1.165, 1.54) is 0 Å². The molecule has 3 nitrogen and oxygen atoms in total. The number of amidine groups is 1. The van der Waals surface area contributed by atoms with E-state index in [1.807, 2.05) is 59.5 Å². The minimum Gasteiger partial charge on any atom is -0.332 e. The molecule has 1 aliphatic rings. The second kappa shape index (κ2) is 7.13. The largest absolute Gasteiger partial charge is 0.332 e. The molecule has 22 heavy (non-hydrogen) atoms. The van der Waals surface area contributed by atoms with Crippen LogP contribution in [0, 0.1) is 0 Å². The Morgan fingerprint density at radius 3 is 2.77 bits per heavy atom. The molecule has 0 bridgehead atoms. The average molecular weight is 348 g/mol. The summed E-state index contributed by atoms with van der Waals surface area (Å²) in [5.41, 5.74) is 1.82. The van der Waals surface area contributed by atoms with Gasteiger partial charge in [0.1, 0.15) is 0 Å². The Labute approximate surface area is 144 Å². The Morgan fingerprint density at radius 2 is 2.00 bits per heavy atom. The van der Waals surface area contributed by atoms with E-state index in [-0.39, 0.29) is 0 Å². The number of thioether (sulfide) groups is 1. The van der Waals surface area contributed by atoms with Crippen molar-refractivity contribution in [2.75, 3.05) is 17.6 Å². The Bertz CT molecular complexity index is 704. The molecule has 0 aliphatic carbocycles. The molecule has 0 atom stereocenters. The van der Waals surface area contributed by atoms with Gasteiger partial charge in [0.2, 0.25) is 0 Å². The number of para-hydroxylation sites is 1. The summed E-state index contributed by atoms with van der Waals surface area (Å²) in [4.78, 5) is 6.69. The topological polar surface area (TPSA) is 27.6 Å². The highest BCUT2D eigenvalue weighted by Crippen LogP contribution is 2.24. The van der Waals surface area contributed by atoms with E-state index in [2.05, 4.69) is 10.3 Å². The minimum absolute atomic E-state index is 0.641. The molecule has 0 saturated carbocycles. The Balaban J connectivity index is 1.75. The third kappa shape index (κ3) is 3.80. The van der Waals surface area contributed by atoms with E-state index < -0.39 is 0 Å². The van der Waals surface area contributed by atoms with Crippen molar-refractivity contribution in [2.45, 2.75) is 0 Å². The maximum atomic E-state index is 6.00. The quantitative estimate of drug-likeness (QED) is 0.792. The van der Waals surface area contributed by atoms with Crippen molar-refractivity contribution >= 4 is 57.2 Å². The van der Waals surface area contributed by atoms with Gasteiger partial charge in [0, 0.05) is 23.0 Å². The molecule has 0 spiro atoms. The van der Waals surface area contributed by atoms with E-state index in [9.17, 15) is 0 Å². The van der Waals surface area contributed by atoms with Crippen molar-refractivity contribution < 1.29 is 0 Å². The van der Waals surface area contributed by atoms with Crippen molar-refractivity contribution in [1.82, 2.24) is 4.90 Å². The van der Waals surface area contributed by atoms with Crippen molar-refractivity contribution in [3.8, 4) is 0 Å². The van der Waals surface area contributed by atoms with Gasteiger partial charge in [0.15, 0.2) is 10.3 Å². The second-order valence-electron chi connectivity index (χ2n) is 4.67. The first-order valence-electron chi connectivity index (χ1n) is 6.83. The number of thiocarbonyl (C=S) groups is 1. The highest BCUT2D eigenvalue weighted by atomic mass is 35.5. The van der Waals surface area contributed by atoms with Crippen LogP contribution in [-0.4, -0.2) is 27.5 Å². The Morgan fingerprint density at radius 1 is 1.18 bits per heavy atom. The van der Waals surface area contributed by atoms with Crippen molar-refractivity contribution in [3.63, 3.8) is 0 Å². The Hall–Kier alpha value is -1.56. The zero-order valence-corrected chi connectivity index (χ0v) is 14.1. The summed E-state index contributed by atoms with van der Waals surface area (Å²) in [5, 5.41) is 5.46. The van der Waals surface area contributed by atoms with Crippen molar-refractivity contribution in [1.29, 1.82) is 0 Å². The van der Waals surface area contributed by atoms with E-state index in [1.54, 1.807) is 11.8 Å². The summed E-state index contributed by atoms with van der Waals surface area (Å²) >= 11 is 13.2. The van der Waals surface area contributed by atoms with Crippen molar-refractivity contribution in [2.24, 2.45) is 4.99 Å². The standard InChI is InChI=1S/C16H14ClN3S2/c17-12-5-4-8-14(11-12)18-15(21)20-9-10-22-16(20)19-13-6-2-1-3-7-13/h1-8,11H,9-10H2,(H,18,21). The molecular formula is C16H14ClN3S2. The second-order valence-corrected chi connectivity index (χ2v) is 6.56. The third-order valence-electron chi connectivity index (χ3n) is 3.08. The molecule has 3 rings (SSSR count). The normalized spacial score (nSPS) is 16.0. The number of benzene rings is 2. The maximum absolute atomic E-state index is 6.00. The van der Waals surface area contributed by atoms with Crippen LogP contribution in [-0.2, 0) is 0 Å². The van der Waals surface area contributed by atoms with Gasteiger partial charge in [-0.05, 0) is 42.5 Å². The summed E-state index contributed by atoms with van der Waals surface area (Å²) < 4.78 is 0. The zero-order valence-electron chi connectivity index (χ0n) is 11.7. The molecule has 0 aromatic heterocycles. The predicted molar refractivity (Wildman–Crippen MR) is 100 cm³/mol. The molecule has 0 radical (unpaired) electrons. The van der Waals surface area contributed by atoms with E-state index >= 15 is 0 Å². The molecule has 0 amide bonds. The molecule has 112 valence electrons. The molecule has 2 aromatic carbocycles. The molecule has 1 fully saturated rings. The smallest absolute Gasteiger partial charge is 0.179 e. The minimum atomic E-state index is 0.641. The molecule has 6 heteroatoms. The lowest BCUT2D eigenvalue weighted by molar-refractivity contribution is 0.687. The monoisotopic (exact) mass is 347 g/mol. The zero-order chi connectivity index (χ0) is 15.4. The summed E-state index contributed by atoms with van der Waals surface area (Å²) in [6.45, 7) is 0.850. The lowest BCUT2D eigenvalue weighted by Crippen LogP contribution is -2.35. The lowest BCUT2D eigenvalue weighted by Gasteiger charge is -2.20. The first-order chi connectivity index (χ1) is 10.7. The van der Waals surface area contributed by atoms with Gasteiger partial charge in [-0.25, -0.2) is 4.99 Å². The van der Waals surface area contributed by atoms with E-state index in [0.29, 0.717) is 10.1 Å². The lowest BCUT2D eigenvalue weighted by atomic mass is 10.3. The Kier molecular flexibility index (Phi) is 4.97. The van der Waals surface area contributed by atoms with Crippen LogP contribution >= 0.6 is 35.6 Å². The van der Waals surface area contributed by atoms with Crippen LogP contribution < -0.4 is 5.32 Å². The van der Waals surface area contributed by atoms with Crippen LogP contribution in [0.25, 0.3) is 0 Å². The number of anilines is 1. The number of hydrogen-bond acceptors (Lipinski definition) is 3. The molecule has 1 N–H and O–H groups in total. The fourth-order valence-corrected chi connectivity index (χ4v) is 3.56. The van der Waals surface area contributed by atoms with Crippen LogP contribution in [0.4, 0.5) is 11.4 Å². The highest BCUT2D eigenvalue weighted by Gasteiger charge is 2.23. The van der Waals surface area contributed by atoms with Crippen LogP contribution in [0.5, 0.6) is 0 Å².